The highest BCUT2D eigenvalue weighted by molar-refractivity contribution is 5.97. The van der Waals surface area contributed by atoms with Crippen LogP contribution in [0.4, 0.5) is 0 Å². The Morgan fingerprint density at radius 1 is 0.829 bits per heavy atom. The van der Waals surface area contributed by atoms with E-state index in [4.69, 9.17) is 0 Å². The Hall–Kier alpha value is -4.20. The number of H-pyrrole nitrogens is 1. The van der Waals surface area contributed by atoms with Gasteiger partial charge in [-0.3, -0.25) is 19.2 Å². The quantitative estimate of drug-likeness (QED) is 0.574. The second kappa shape index (κ2) is 11.3. The van der Waals surface area contributed by atoms with E-state index in [1.165, 1.54) is 12.3 Å². The highest BCUT2D eigenvalue weighted by Crippen LogP contribution is 2.12. The van der Waals surface area contributed by atoms with Crippen LogP contribution in [0.15, 0.2) is 83.8 Å². The maximum atomic E-state index is 13.6. The molecule has 35 heavy (non-hydrogen) atoms. The lowest BCUT2D eigenvalue weighted by Crippen LogP contribution is -2.50. The predicted octanol–water partition coefficient (Wildman–Crippen LogP) is 2.09. The summed E-state index contributed by atoms with van der Waals surface area (Å²) < 4.78 is 0. The van der Waals surface area contributed by atoms with Gasteiger partial charge in [-0.2, -0.15) is 0 Å². The van der Waals surface area contributed by atoms with Crippen molar-refractivity contribution in [1.29, 1.82) is 0 Å². The molecule has 0 saturated carbocycles. The number of carbonyl (C=O) groups is 3. The maximum Gasteiger partial charge on any atom is 0.260 e. The normalized spacial score (nSPS) is 14.6. The summed E-state index contributed by atoms with van der Waals surface area (Å²) in [7, 11) is 0. The monoisotopic (exact) mass is 472 g/mol. The molecule has 0 aliphatic carbocycles. The summed E-state index contributed by atoms with van der Waals surface area (Å²) in [6.45, 7) is 1.53. The van der Waals surface area contributed by atoms with Crippen LogP contribution in [0.25, 0.3) is 0 Å². The van der Waals surface area contributed by atoms with Gasteiger partial charge >= 0.3 is 0 Å². The molecule has 8 nitrogen and oxygen atoms in total. The van der Waals surface area contributed by atoms with Crippen molar-refractivity contribution in [3.8, 4) is 0 Å². The van der Waals surface area contributed by atoms with Gasteiger partial charge < -0.3 is 20.1 Å². The molecule has 8 heteroatoms. The number of aromatic nitrogens is 1. The van der Waals surface area contributed by atoms with E-state index in [1.807, 2.05) is 36.4 Å². The van der Waals surface area contributed by atoms with Crippen LogP contribution >= 0.6 is 0 Å². The number of hydrogen-bond donors (Lipinski definition) is 2. The molecule has 0 unspecified atom stereocenters. The second-order valence-electron chi connectivity index (χ2n) is 8.47. The Labute approximate surface area is 203 Å². The smallest absolute Gasteiger partial charge is 0.260 e. The second-order valence-corrected chi connectivity index (χ2v) is 8.47. The standard InChI is InChI=1S/C27H28N4O4/c32-24(21-11-5-2-6-12-21)29-23(19-20-9-3-1-4-10-20)27(35)31-16-8-15-30(17-18-31)26(34)22-13-7-14-28-25(22)33/h1-7,9-14,23H,8,15-19H2,(H,28,33)(H,29,32)/t23-/m0/s1. The molecule has 1 fully saturated rings. The first kappa shape index (κ1) is 23.9. The van der Waals surface area contributed by atoms with E-state index in [0.717, 1.165) is 5.56 Å². The topological polar surface area (TPSA) is 103 Å². The van der Waals surface area contributed by atoms with Gasteiger partial charge in [0.05, 0.1) is 0 Å². The van der Waals surface area contributed by atoms with Crippen LogP contribution in [0.1, 0.15) is 32.7 Å². The Morgan fingerprint density at radius 2 is 1.49 bits per heavy atom. The maximum absolute atomic E-state index is 13.6. The van der Waals surface area contributed by atoms with E-state index in [0.29, 0.717) is 44.6 Å². The molecule has 1 aliphatic heterocycles. The molecule has 3 aromatic rings. The van der Waals surface area contributed by atoms with Crippen LogP contribution in [-0.4, -0.2) is 64.7 Å². The lowest BCUT2D eigenvalue weighted by atomic mass is 10.0. The number of hydrogen-bond acceptors (Lipinski definition) is 4. The lowest BCUT2D eigenvalue weighted by Gasteiger charge is -2.27. The summed E-state index contributed by atoms with van der Waals surface area (Å²) in [5.41, 5.74) is 1.08. The summed E-state index contributed by atoms with van der Waals surface area (Å²) in [6, 6.07) is 20.7. The van der Waals surface area contributed by atoms with Gasteiger partial charge in [0.2, 0.25) is 5.91 Å². The highest BCUT2D eigenvalue weighted by Gasteiger charge is 2.29. The molecular weight excluding hydrogens is 444 g/mol. The first-order valence-corrected chi connectivity index (χ1v) is 11.7. The Morgan fingerprint density at radius 3 is 2.20 bits per heavy atom. The number of benzene rings is 2. The Balaban J connectivity index is 1.48. The fourth-order valence-corrected chi connectivity index (χ4v) is 4.20. The van der Waals surface area contributed by atoms with E-state index >= 15 is 0 Å². The van der Waals surface area contributed by atoms with Gasteiger partial charge in [0, 0.05) is 44.4 Å². The van der Waals surface area contributed by atoms with E-state index in [2.05, 4.69) is 10.3 Å². The van der Waals surface area contributed by atoms with Gasteiger partial charge in [-0.05, 0) is 36.2 Å². The number of aromatic amines is 1. The fraction of sp³-hybridized carbons (Fsp3) is 0.259. The van der Waals surface area contributed by atoms with Gasteiger partial charge in [-0.15, -0.1) is 0 Å². The van der Waals surface area contributed by atoms with Crippen LogP contribution < -0.4 is 10.9 Å². The van der Waals surface area contributed by atoms with Crippen LogP contribution in [0, 0.1) is 0 Å². The third-order valence-corrected chi connectivity index (χ3v) is 6.07. The van der Waals surface area contributed by atoms with E-state index in [-0.39, 0.29) is 23.3 Å². The molecule has 1 aliphatic rings. The van der Waals surface area contributed by atoms with Gasteiger partial charge in [-0.25, -0.2) is 0 Å². The minimum absolute atomic E-state index is 0.0874. The molecule has 180 valence electrons. The molecule has 2 heterocycles. The number of pyridine rings is 1. The van der Waals surface area contributed by atoms with Crippen molar-refractivity contribution in [2.45, 2.75) is 18.9 Å². The molecule has 2 aromatic carbocycles. The zero-order valence-corrected chi connectivity index (χ0v) is 19.4. The number of nitrogens with one attached hydrogen (secondary N) is 2. The molecule has 0 bridgehead atoms. The molecule has 0 radical (unpaired) electrons. The summed E-state index contributed by atoms with van der Waals surface area (Å²) >= 11 is 0. The number of amides is 3. The first-order chi connectivity index (χ1) is 17.0. The molecule has 1 atom stereocenters. The van der Waals surface area contributed by atoms with E-state index in [1.54, 1.807) is 40.1 Å². The van der Waals surface area contributed by atoms with Crippen molar-refractivity contribution in [1.82, 2.24) is 20.1 Å². The van der Waals surface area contributed by atoms with Gasteiger partial charge in [0.1, 0.15) is 11.6 Å². The van der Waals surface area contributed by atoms with E-state index in [9.17, 15) is 19.2 Å². The van der Waals surface area contributed by atoms with Crippen molar-refractivity contribution in [3.05, 3.63) is 106 Å². The average Bonchev–Trinajstić information content (AvgIpc) is 3.15. The van der Waals surface area contributed by atoms with Crippen LogP contribution in [0.5, 0.6) is 0 Å². The van der Waals surface area contributed by atoms with Crippen molar-refractivity contribution in [3.63, 3.8) is 0 Å². The molecular formula is C27H28N4O4. The largest absolute Gasteiger partial charge is 0.340 e. The minimum Gasteiger partial charge on any atom is -0.340 e. The lowest BCUT2D eigenvalue weighted by molar-refractivity contribution is -0.133. The minimum atomic E-state index is -0.746. The van der Waals surface area contributed by atoms with Crippen molar-refractivity contribution >= 4 is 17.7 Å². The Bertz CT molecular complexity index is 1230. The third kappa shape index (κ3) is 6.03. The van der Waals surface area contributed by atoms with Gasteiger partial charge in [-0.1, -0.05) is 48.5 Å². The average molecular weight is 473 g/mol. The molecule has 3 amide bonds. The SMILES string of the molecule is O=C(N[C@@H](Cc1ccccc1)C(=O)N1CCCN(C(=O)c2ccc[nH]c2=O)CC1)c1ccccc1. The summed E-state index contributed by atoms with van der Waals surface area (Å²) in [5.74, 6) is -0.848. The summed E-state index contributed by atoms with van der Waals surface area (Å²) in [4.78, 5) is 57.2. The zero-order valence-electron chi connectivity index (χ0n) is 19.4. The van der Waals surface area contributed by atoms with E-state index < -0.39 is 11.6 Å². The van der Waals surface area contributed by atoms with Crippen LogP contribution in [0.2, 0.25) is 0 Å². The number of rotatable bonds is 6. The summed E-state index contributed by atoms with van der Waals surface area (Å²) in [6.07, 6.45) is 2.42. The predicted molar refractivity (Wildman–Crippen MR) is 132 cm³/mol. The summed E-state index contributed by atoms with van der Waals surface area (Å²) in [5, 5.41) is 2.91. The zero-order chi connectivity index (χ0) is 24.6. The van der Waals surface area contributed by atoms with Crippen molar-refractivity contribution in [2.24, 2.45) is 0 Å². The molecule has 4 rings (SSSR count). The van der Waals surface area contributed by atoms with Gasteiger partial charge in [0.15, 0.2) is 0 Å². The van der Waals surface area contributed by atoms with Crippen molar-refractivity contribution < 1.29 is 14.4 Å². The van der Waals surface area contributed by atoms with Gasteiger partial charge in [0.25, 0.3) is 17.4 Å². The van der Waals surface area contributed by atoms with Crippen LogP contribution in [-0.2, 0) is 11.2 Å². The highest BCUT2D eigenvalue weighted by atomic mass is 16.2. The number of nitrogens with zero attached hydrogens (tertiary/aromatic N) is 2. The fourth-order valence-electron chi connectivity index (χ4n) is 4.20. The molecule has 0 spiro atoms. The molecule has 1 saturated heterocycles. The number of carbonyl (C=O) groups excluding carboxylic acids is 3. The molecule has 1 aromatic heterocycles. The van der Waals surface area contributed by atoms with Crippen molar-refractivity contribution in [2.75, 3.05) is 26.2 Å². The third-order valence-electron chi connectivity index (χ3n) is 6.07. The molecule has 2 N–H and O–H groups in total. The Kier molecular flexibility index (Phi) is 7.72. The van der Waals surface area contributed by atoms with Crippen LogP contribution in [0.3, 0.4) is 0 Å². The first-order valence-electron chi connectivity index (χ1n) is 11.7.